The Balaban J connectivity index is 2.16. The van der Waals surface area contributed by atoms with E-state index in [1.807, 2.05) is 0 Å². The summed E-state index contributed by atoms with van der Waals surface area (Å²) < 4.78 is 50.9. The number of amides is 2. The first-order chi connectivity index (χ1) is 21.0. The van der Waals surface area contributed by atoms with E-state index in [4.69, 9.17) is 30.5 Å². The first-order valence-corrected chi connectivity index (χ1v) is 15.6. The topological polar surface area (TPSA) is 124 Å². The summed E-state index contributed by atoms with van der Waals surface area (Å²) in [6.07, 6.45) is 0.288. The number of hydrogen-bond donors (Lipinski definition) is 1. The molecule has 0 aliphatic carbocycles. The van der Waals surface area contributed by atoms with Gasteiger partial charge in [-0.3, -0.25) is 13.9 Å². The fraction of sp³-hybridized carbons (Fsp3) is 0.355. The van der Waals surface area contributed by atoms with Crippen LogP contribution in [0.2, 0.25) is 5.02 Å². The Labute approximate surface area is 263 Å². The molecule has 0 spiro atoms. The molecule has 13 heteroatoms. The maximum absolute atomic E-state index is 14.3. The Hall–Kier alpha value is -4.16. The summed E-state index contributed by atoms with van der Waals surface area (Å²) >= 11 is 6.31. The van der Waals surface area contributed by atoms with Crippen molar-refractivity contribution >= 4 is 39.1 Å². The van der Waals surface area contributed by atoms with Crippen molar-refractivity contribution in [2.75, 3.05) is 45.8 Å². The number of likely N-dealkylation sites (N-methyl/N-ethyl adjacent to an activating group) is 1. The van der Waals surface area contributed by atoms with Gasteiger partial charge in [0.15, 0.2) is 11.5 Å². The fourth-order valence-electron chi connectivity index (χ4n) is 4.61. The minimum absolute atomic E-state index is 0.0371. The van der Waals surface area contributed by atoms with Crippen LogP contribution in [-0.2, 0) is 26.2 Å². The molecule has 238 valence electrons. The van der Waals surface area contributed by atoms with Crippen LogP contribution in [-0.4, -0.2) is 72.7 Å². The highest BCUT2D eigenvalue weighted by atomic mass is 35.5. The molecule has 3 aromatic rings. The van der Waals surface area contributed by atoms with Gasteiger partial charge in [-0.15, -0.1) is 0 Å². The molecule has 3 aromatic carbocycles. The molecule has 2 amide bonds. The summed E-state index contributed by atoms with van der Waals surface area (Å²) in [5.74, 6) is 0.331. The summed E-state index contributed by atoms with van der Waals surface area (Å²) in [5, 5.41) is 3.00. The number of nitrogens with zero attached hydrogens (tertiary/aromatic N) is 2. The Morgan fingerprint density at radius 2 is 1.48 bits per heavy atom. The van der Waals surface area contributed by atoms with Crippen LogP contribution >= 0.6 is 11.6 Å². The van der Waals surface area contributed by atoms with Crippen LogP contribution in [0.1, 0.15) is 25.8 Å². The van der Waals surface area contributed by atoms with Gasteiger partial charge in [0.05, 0.1) is 39.0 Å². The van der Waals surface area contributed by atoms with Crippen LogP contribution < -0.4 is 28.6 Å². The molecule has 11 nitrogen and oxygen atoms in total. The second kappa shape index (κ2) is 15.5. The van der Waals surface area contributed by atoms with E-state index >= 15 is 0 Å². The zero-order chi connectivity index (χ0) is 32.4. The van der Waals surface area contributed by atoms with Crippen molar-refractivity contribution in [2.45, 2.75) is 37.8 Å². The number of sulfonamides is 1. The van der Waals surface area contributed by atoms with Crippen molar-refractivity contribution in [1.82, 2.24) is 10.2 Å². The molecule has 0 fully saturated rings. The van der Waals surface area contributed by atoms with Gasteiger partial charge in [-0.05, 0) is 61.4 Å². The Bertz CT molecular complexity index is 1550. The predicted octanol–water partition coefficient (Wildman–Crippen LogP) is 4.51. The standard InChI is InChI=1S/C31H38ClN3O8S/c1-7-25(31(37)33-8-2)34(19-21-9-12-23(40-3)13-10-21)30(36)20-35(26-17-22(32)11-15-27(26)41-4)44(38,39)24-14-16-28(42-5)29(18-24)43-6/h9-18,25H,7-8,19-20H2,1-6H3,(H,33,37)/t25-/m0/s1. The van der Waals surface area contributed by atoms with Gasteiger partial charge in [-0.25, -0.2) is 8.42 Å². The van der Waals surface area contributed by atoms with Crippen LogP contribution in [0.4, 0.5) is 5.69 Å². The number of carbonyl (C=O) groups is 2. The van der Waals surface area contributed by atoms with E-state index in [1.165, 1.54) is 56.6 Å². The van der Waals surface area contributed by atoms with Gasteiger partial charge in [0.1, 0.15) is 24.1 Å². The summed E-state index contributed by atoms with van der Waals surface area (Å²) in [7, 11) is 1.31. The average molecular weight is 648 g/mol. The van der Waals surface area contributed by atoms with Gasteiger partial charge in [0, 0.05) is 24.2 Å². The second-order valence-corrected chi connectivity index (χ2v) is 11.8. The minimum Gasteiger partial charge on any atom is -0.497 e. The number of ether oxygens (including phenoxy) is 4. The first kappa shape index (κ1) is 34.3. The molecule has 0 aromatic heterocycles. The number of carbonyl (C=O) groups excluding carboxylic acids is 2. The summed E-state index contributed by atoms with van der Waals surface area (Å²) in [6, 6.07) is 14.7. The van der Waals surface area contributed by atoms with E-state index in [2.05, 4.69) is 5.32 Å². The van der Waals surface area contributed by atoms with Crippen molar-refractivity contribution in [3.8, 4) is 23.0 Å². The van der Waals surface area contributed by atoms with E-state index in [1.54, 1.807) is 51.3 Å². The molecule has 0 saturated carbocycles. The molecule has 0 radical (unpaired) electrons. The van der Waals surface area contributed by atoms with Gasteiger partial charge in [0.2, 0.25) is 11.8 Å². The molecule has 3 rings (SSSR count). The molecule has 1 atom stereocenters. The highest BCUT2D eigenvalue weighted by molar-refractivity contribution is 7.92. The largest absolute Gasteiger partial charge is 0.497 e. The maximum Gasteiger partial charge on any atom is 0.265 e. The molecule has 1 N–H and O–H groups in total. The summed E-state index contributed by atoms with van der Waals surface area (Å²) in [6.45, 7) is 3.30. The van der Waals surface area contributed by atoms with E-state index < -0.39 is 28.5 Å². The van der Waals surface area contributed by atoms with Crippen LogP contribution in [0.25, 0.3) is 0 Å². The van der Waals surface area contributed by atoms with Crippen LogP contribution in [0.3, 0.4) is 0 Å². The fourth-order valence-corrected chi connectivity index (χ4v) is 6.21. The highest BCUT2D eigenvalue weighted by Gasteiger charge is 2.35. The average Bonchev–Trinajstić information content (AvgIpc) is 3.03. The number of methoxy groups -OCH3 is 4. The van der Waals surface area contributed by atoms with Crippen molar-refractivity contribution < 1.29 is 37.0 Å². The Kier molecular flexibility index (Phi) is 12.1. The smallest absolute Gasteiger partial charge is 0.265 e. The highest BCUT2D eigenvalue weighted by Crippen LogP contribution is 2.37. The number of benzene rings is 3. The van der Waals surface area contributed by atoms with Gasteiger partial charge < -0.3 is 29.2 Å². The number of halogens is 1. The van der Waals surface area contributed by atoms with E-state index in [0.717, 1.165) is 9.87 Å². The first-order valence-electron chi connectivity index (χ1n) is 13.8. The molecule has 44 heavy (non-hydrogen) atoms. The SMILES string of the molecule is CCNC(=O)[C@H](CC)N(Cc1ccc(OC)cc1)C(=O)CN(c1cc(Cl)ccc1OC)S(=O)(=O)c1ccc(OC)c(OC)c1. The molecule has 0 heterocycles. The molecule has 0 unspecified atom stereocenters. The maximum atomic E-state index is 14.3. The predicted molar refractivity (Wildman–Crippen MR) is 168 cm³/mol. The Morgan fingerprint density at radius 3 is 2.05 bits per heavy atom. The second-order valence-electron chi connectivity index (χ2n) is 9.53. The van der Waals surface area contributed by atoms with Gasteiger partial charge >= 0.3 is 0 Å². The third-order valence-electron chi connectivity index (χ3n) is 6.88. The Morgan fingerprint density at radius 1 is 0.841 bits per heavy atom. The molecular formula is C31H38ClN3O8S. The minimum atomic E-state index is -4.44. The van der Waals surface area contributed by atoms with Crippen molar-refractivity contribution in [3.05, 3.63) is 71.2 Å². The van der Waals surface area contributed by atoms with E-state index in [9.17, 15) is 18.0 Å². The lowest BCUT2D eigenvalue weighted by atomic mass is 10.1. The number of hydrogen-bond acceptors (Lipinski definition) is 8. The van der Waals surface area contributed by atoms with E-state index in [0.29, 0.717) is 18.0 Å². The van der Waals surface area contributed by atoms with E-state index in [-0.39, 0.29) is 46.0 Å². The third-order valence-corrected chi connectivity index (χ3v) is 8.87. The van der Waals surface area contributed by atoms with Gasteiger partial charge in [-0.1, -0.05) is 30.7 Å². The normalized spacial score (nSPS) is 11.7. The number of rotatable bonds is 15. The molecular weight excluding hydrogens is 610 g/mol. The quantitative estimate of drug-likeness (QED) is 0.256. The summed E-state index contributed by atoms with van der Waals surface area (Å²) in [5.41, 5.74) is 0.759. The number of anilines is 1. The van der Waals surface area contributed by atoms with Gasteiger partial charge in [-0.2, -0.15) is 0 Å². The molecule has 0 aliphatic heterocycles. The van der Waals surface area contributed by atoms with Crippen molar-refractivity contribution in [1.29, 1.82) is 0 Å². The lowest BCUT2D eigenvalue weighted by molar-refractivity contribution is -0.140. The zero-order valence-electron chi connectivity index (χ0n) is 25.6. The monoisotopic (exact) mass is 647 g/mol. The third kappa shape index (κ3) is 7.86. The zero-order valence-corrected chi connectivity index (χ0v) is 27.2. The summed E-state index contributed by atoms with van der Waals surface area (Å²) in [4.78, 5) is 28.6. The van der Waals surface area contributed by atoms with Crippen LogP contribution in [0.5, 0.6) is 23.0 Å². The number of nitrogens with one attached hydrogen (secondary N) is 1. The lowest BCUT2D eigenvalue weighted by Gasteiger charge is -2.33. The van der Waals surface area contributed by atoms with Crippen molar-refractivity contribution in [2.24, 2.45) is 0 Å². The van der Waals surface area contributed by atoms with Gasteiger partial charge in [0.25, 0.3) is 10.0 Å². The molecule has 0 aliphatic rings. The molecule has 0 bridgehead atoms. The molecule has 0 saturated heterocycles. The van der Waals surface area contributed by atoms with Crippen LogP contribution in [0, 0.1) is 0 Å². The van der Waals surface area contributed by atoms with Crippen LogP contribution in [0.15, 0.2) is 65.6 Å². The lowest BCUT2D eigenvalue weighted by Crippen LogP contribution is -2.52. The van der Waals surface area contributed by atoms with Crippen molar-refractivity contribution in [3.63, 3.8) is 0 Å².